The van der Waals surface area contributed by atoms with Crippen LogP contribution in [0.5, 0.6) is 0 Å². The highest BCUT2D eigenvalue weighted by atomic mass is 32.1. The number of carbonyl (C=O) groups excluding carboxylic acids is 1. The first-order valence-corrected chi connectivity index (χ1v) is 9.86. The van der Waals surface area contributed by atoms with E-state index < -0.39 is 0 Å². The Hall–Kier alpha value is -2.18. The number of rotatable bonds is 4. The van der Waals surface area contributed by atoms with Gasteiger partial charge in [0.05, 0.1) is 12.7 Å². The molecule has 2 N–H and O–H groups in total. The molecule has 6 heteroatoms. The van der Waals surface area contributed by atoms with E-state index in [-0.39, 0.29) is 12.3 Å². The zero-order valence-electron chi connectivity index (χ0n) is 15.1. The SMILES string of the molecule is Cc1ccc2c(CC(=O)Nc3ncc(C4CCNCC4)s3)coc2c1C. The van der Waals surface area contributed by atoms with Gasteiger partial charge in [0.15, 0.2) is 5.13 Å². The summed E-state index contributed by atoms with van der Waals surface area (Å²) in [6, 6.07) is 4.10. The molecule has 0 saturated carbocycles. The zero-order valence-corrected chi connectivity index (χ0v) is 15.9. The fraction of sp³-hybridized carbons (Fsp3) is 0.400. The van der Waals surface area contributed by atoms with Crippen LogP contribution in [0.25, 0.3) is 11.0 Å². The number of benzene rings is 1. The summed E-state index contributed by atoms with van der Waals surface area (Å²) in [6.07, 6.45) is 6.16. The van der Waals surface area contributed by atoms with Crippen molar-refractivity contribution in [1.29, 1.82) is 0 Å². The number of aryl methyl sites for hydroxylation is 2. The summed E-state index contributed by atoms with van der Waals surface area (Å²) in [6.45, 7) is 6.21. The summed E-state index contributed by atoms with van der Waals surface area (Å²) < 4.78 is 5.70. The molecule has 0 atom stereocenters. The van der Waals surface area contributed by atoms with Gasteiger partial charge in [-0.3, -0.25) is 4.79 Å². The molecule has 26 heavy (non-hydrogen) atoms. The Labute approximate surface area is 156 Å². The number of nitrogens with zero attached hydrogens (tertiary/aromatic N) is 1. The van der Waals surface area contributed by atoms with Crippen molar-refractivity contribution in [2.45, 2.75) is 39.0 Å². The minimum absolute atomic E-state index is 0.0582. The third-order valence-corrected chi connectivity index (χ3v) is 6.28. The lowest BCUT2D eigenvalue weighted by atomic mass is 9.97. The Balaban J connectivity index is 1.44. The molecule has 2 aromatic heterocycles. The normalized spacial score (nSPS) is 15.5. The van der Waals surface area contributed by atoms with Gasteiger partial charge in [-0.1, -0.05) is 12.1 Å². The van der Waals surface area contributed by atoms with E-state index in [0.29, 0.717) is 11.0 Å². The summed E-state index contributed by atoms with van der Waals surface area (Å²) >= 11 is 1.59. The number of hydrogen-bond acceptors (Lipinski definition) is 5. The number of nitrogens with one attached hydrogen (secondary N) is 2. The Morgan fingerprint density at radius 3 is 2.96 bits per heavy atom. The van der Waals surface area contributed by atoms with Crippen molar-refractivity contribution in [2.75, 3.05) is 18.4 Å². The molecule has 3 aromatic rings. The van der Waals surface area contributed by atoms with Crippen molar-refractivity contribution >= 4 is 33.3 Å². The lowest BCUT2D eigenvalue weighted by molar-refractivity contribution is -0.115. The molecule has 5 nitrogen and oxygen atoms in total. The molecule has 1 aliphatic rings. The van der Waals surface area contributed by atoms with Crippen molar-refractivity contribution in [2.24, 2.45) is 0 Å². The summed E-state index contributed by atoms with van der Waals surface area (Å²) in [5.41, 5.74) is 4.10. The molecule has 0 radical (unpaired) electrons. The molecule has 0 bridgehead atoms. The molecule has 0 aliphatic carbocycles. The number of fused-ring (bicyclic) bond motifs is 1. The van der Waals surface area contributed by atoms with E-state index in [1.807, 2.05) is 19.2 Å². The molecular formula is C20H23N3O2S. The molecule has 0 unspecified atom stereocenters. The number of amides is 1. The van der Waals surface area contributed by atoms with Crippen LogP contribution in [0.2, 0.25) is 0 Å². The van der Waals surface area contributed by atoms with Crippen LogP contribution in [0.4, 0.5) is 5.13 Å². The van der Waals surface area contributed by atoms with Gasteiger partial charge >= 0.3 is 0 Å². The second-order valence-corrected chi connectivity index (χ2v) is 8.02. The van der Waals surface area contributed by atoms with E-state index in [1.165, 1.54) is 10.4 Å². The lowest BCUT2D eigenvalue weighted by Gasteiger charge is -2.20. The quantitative estimate of drug-likeness (QED) is 0.725. The van der Waals surface area contributed by atoms with E-state index in [2.05, 4.69) is 28.6 Å². The van der Waals surface area contributed by atoms with E-state index in [9.17, 15) is 4.79 Å². The molecule has 0 spiro atoms. The highest BCUT2D eigenvalue weighted by Gasteiger charge is 2.19. The second kappa shape index (κ2) is 7.21. The average molecular weight is 369 g/mol. The largest absolute Gasteiger partial charge is 0.464 e. The molecule has 1 amide bonds. The van der Waals surface area contributed by atoms with Crippen LogP contribution in [0.15, 0.2) is 29.0 Å². The Bertz CT molecular complexity index is 938. The third kappa shape index (κ3) is 3.39. The number of furan rings is 1. The fourth-order valence-electron chi connectivity index (χ4n) is 3.50. The minimum Gasteiger partial charge on any atom is -0.464 e. The van der Waals surface area contributed by atoms with Crippen LogP contribution < -0.4 is 10.6 Å². The molecule has 1 aromatic carbocycles. The Kier molecular flexibility index (Phi) is 4.78. The maximum atomic E-state index is 12.5. The average Bonchev–Trinajstić information content (AvgIpc) is 3.27. The van der Waals surface area contributed by atoms with Crippen LogP contribution in [0.1, 0.15) is 40.3 Å². The van der Waals surface area contributed by atoms with Crippen molar-refractivity contribution in [3.63, 3.8) is 0 Å². The van der Waals surface area contributed by atoms with Crippen molar-refractivity contribution in [3.05, 3.63) is 46.2 Å². The van der Waals surface area contributed by atoms with Gasteiger partial charge in [-0.2, -0.15) is 0 Å². The molecular weight excluding hydrogens is 346 g/mol. The Morgan fingerprint density at radius 1 is 1.35 bits per heavy atom. The summed E-state index contributed by atoms with van der Waals surface area (Å²) in [7, 11) is 0. The number of aromatic nitrogens is 1. The minimum atomic E-state index is -0.0582. The van der Waals surface area contributed by atoms with Crippen LogP contribution in [0, 0.1) is 13.8 Å². The van der Waals surface area contributed by atoms with E-state index in [1.54, 1.807) is 17.6 Å². The molecule has 136 valence electrons. The van der Waals surface area contributed by atoms with Gasteiger partial charge in [0, 0.05) is 22.0 Å². The monoisotopic (exact) mass is 369 g/mol. The third-order valence-electron chi connectivity index (χ3n) is 5.20. The predicted octanol–water partition coefficient (Wildman–Crippen LogP) is 4.15. The van der Waals surface area contributed by atoms with Crippen molar-refractivity contribution < 1.29 is 9.21 Å². The standard InChI is InChI=1S/C20H23N3O2S/c1-12-3-4-16-15(11-25-19(16)13(12)2)9-18(24)23-20-22-10-17(26-20)14-5-7-21-8-6-14/h3-4,10-11,14,21H,5-9H2,1-2H3,(H,22,23,24). The molecule has 3 heterocycles. The van der Waals surface area contributed by atoms with Gasteiger partial charge in [-0.25, -0.2) is 4.98 Å². The van der Waals surface area contributed by atoms with Crippen molar-refractivity contribution in [1.82, 2.24) is 10.3 Å². The fourth-order valence-corrected chi connectivity index (χ4v) is 4.50. The van der Waals surface area contributed by atoms with E-state index in [0.717, 1.165) is 48.0 Å². The number of hydrogen-bond donors (Lipinski definition) is 2. The smallest absolute Gasteiger partial charge is 0.230 e. The first-order chi connectivity index (χ1) is 12.6. The predicted molar refractivity (Wildman–Crippen MR) is 105 cm³/mol. The molecule has 1 aliphatic heterocycles. The Morgan fingerprint density at radius 2 is 2.15 bits per heavy atom. The van der Waals surface area contributed by atoms with Crippen LogP contribution in [0.3, 0.4) is 0 Å². The molecule has 4 rings (SSSR count). The summed E-state index contributed by atoms with van der Waals surface area (Å²) in [4.78, 5) is 18.1. The lowest BCUT2D eigenvalue weighted by Crippen LogP contribution is -2.26. The van der Waals surface area contributed by atoms with Gasteiger partial charge in [0.2, 0.25) is 5.91 Å². The van der Waals surface area contributed by atoms with Crippen LogP contribution >= 0.6 is 11.3 Å². The summed E-state index contributed by atoms with van der Waals surface area (Å²) in [5.74, 6) is 0.501. The van der Waals surface area contributed by atoms with Crippen LogP contribution in [-0.4, -0.2) is 24.0 Å². The van der Waals surface area contributed by atoms with Gasteiger partial charge < -0.3 is 15.1 Å². The number of piperidine rings is 1. The first kappa shape index (κ1) is 17.2. The number of anilines is 1. The van der Waals surface area contributed by atoms with E-state index >= 15 is 0 Å². The van der Waals surface area contributed by atoms with Gasteiger partial charge in [-0.05, 0) is 56.8 Å². The highest BCUT2D eigenvalue weighted by molar-refractivity contribution is 7.15. The maximum Gasteiger partial charge on any atom is 0.230 e. The molecule has 1 saturated heterocycles. The topological polar surface area (TPSA) is 67.2 Å². The zero-order chi connectivity index (χ0) is 18.1. The first-order valence-electron chi connectivity index (χ1n) is 9.04. The maximum absolute atomic E-state index is 12.5. The number of thiazole rings is 1. The highest BCUT2D eigenvalue weighted by Crippen LogP contribution is 2.32. The van der Waals surface area contributed by atoms with Gasteiger partial charge in [0.1, 0.15) is 5.58 Å². The van der Waals surface area contributed by atoms with Crippen LogP contribution in [-0.2, 0) is 11.2 Å². The summed E-state index contributed by atoms with van der Waals surface area (Å²) in [5, 5.41) is 8.01. The van der Waals surface area contributed by atoms with Gasteiger partial charge in [0.25, 0.3) is 0 Å². The van der Waals surface area contributed by atoms with E-state index in [4.69, 9.17) is 4.42 Å². The number of carbonyl (C=O) groups is 1. The second-order valence-electron chi connectivity index (χ2n) is 6.96. The molecule has 1 fully saturated rings. The van der Waals surface area contributed by atoms with Crippen molar-refractivity contribution in [3.8, 4) is 0 Å². The van der Waals surface area contributed by atoms with Gasteiger partial charge in [-0.15, -0.1) is 11.3 Å².